The van der Waals surface area contributed by atoms with Gasteiger partial charge in [-0.15, -0.1) is 18.3 Å². The van der Waals surface area contributed by atoms with Gasteiger partial charge in [0.05, 0.1) is 12.8 Å². The van der Waals surface area contributed by atoms with Crippen molar-refractivity contribution in [1.82, 2.24) is 14.8 Å². The first-order chi connectivity index (χ1) is 21.1. The number of urea groups is 1. The Balaban J connectivity index is 1.20. The summed E-state index contributed by atoms with van der Waals surface area (Å²) in [6.45, 7) is 4.98. The van der Waals surface area contributed by atoms with Crippen LogP contribution in [0.3, 0.4) is 0 Å². The van der Waals surface area contributed by atoms with E-state index in [0.29, 0.717) is 23.1 Å². The van der Waals surface area contributed by atoms with Gasteiger partial charge in [0.2, 0.25) is 0 Å². The maximum absolute atomic E-state index is 12.6. The van der Waals surface area contributed by atoms with Crippen molar-refractivity contribution in [3.8, 4) is 28.6 Å². The largest absolute Gasteiger partial charge is 0.573 e. The molecular weight excluding hydrogens is 593 g/mol. The van der Waals surface area contributed by atoms with Gasteiger partial charge in [-0.25, -0.2) is 19.5 Å². The minimum atomic E-state index is -4.75. The number of methoxy groups -OCH3 is 1. The van der Waals surface area contributed by atoms with E-state index in [-0.39, 0.29) is 11.7 Å². The van der Waals surface area contributed by atoms with Crippen LogP contribution in [0.15, 0.2) is 83.0 Å². The van der Waals surface area contributed by atoms with Gasteiger partial charge < -0.3 is 14.4 Å². The monoisotopic (exact) mass is 622 g/mol. The number of nitrogens with zero attached hydrogens (tertiary/aromatic N) is 6. The number of amidine groups is 1. The van der Waals surface area contributed by atoms with Crippen molar-refractivity contribution in [2.24, 2.45) is 9.98 Å². The first kappa shape index (κ1) is 30.8. The normalized spacial score (nSPS) is 14.6. The Morgan fingerprint density at radius 2 is 1.80 bits per heavy atom. The lowest BCUT2D eigenvalue weighted by atomic mass is 10.00. The van der Waals surface area contributed by atoms with E-state index in [1.54, 1.807) is 7.11 Å². The van der Waals surface area contributed by atoms with E-state index >= 15 is 0 Å². The molecule has 1 aliphatic rings. The number of thioether (sulfide) groups is 1. The number of carbonyl (C=O) groups excluding carboxylic acids is 1. The van der Waals surface area contributed by atoms with Crippen molar-refractivity contribution in [2.45, 2.75) is 32.5 Å². The van der Waals surface area contributed by atoms with Crippen molar-refractivity contribution in [3.63, 3.8) is 0 Å². The topological polar surface area (TPSA) is 94.2 Å². The first-order valence-electron chi connectivity index (χ1n) is 13.7. The number of hydrogen-bond acceptors (Lipinski definition) is 6. The molecule has 2 heterocycles. The van der Waals surface area contributed by atoms with Gasteiger partial charge in [-0.1, -0.05) is 55.9 Å². The van der Waals surface area contributed by atoms with Crippen LogP contribution in [0.2, 0.25) is 0 Å². The van der Waals surface area contributed by atoms with Crippen LogP contribution in [0.25, 0.3) is 17.1 Å². The van der Waals surface area contributed by atoms with Gasteiger partial charge in [-0.2, -0.15) is 4.99 Å². The maximum atomic E-state index is 12.6. The summed E-state index contributed by atoms with van der Waals surface area (Å²) in [6, 6.07) is 18.2. The summed E-state index contributed by atoms with van der Waals surface area (Å²) in [5, 5.41) is 5.03. The number of aliphatic imine (C=N–C) groups is 2. The Morgan fingerprint density at radius 1 is 1.07 bits per heavy atom. The summed E-state index contributed by atoms with van der Waals surface area (Å²) < 4.78 is 48.0. The number of rotatable bonds is 8. The molecule has 1 fully saturated rings. The van der Waals surface area contributed by atoms with E-state index in [9.17, 15) is 18.0 Å². The molecule has 228 valence electrons. The van der Waals surface area contributed by atoms with Crippen LogP contribution in [-0.2, 0) is 6.42 Å². The molecule has 0 bridgehead atoms. The molecule has 0 saturated carbocycles. The van der Waals surface area contributed by atoms with Gasteiger partial charge in [-0.3, -0.25) is 0 Å². The minimum Gasteiger partial charge on any atom is -0.497 e. The Kier molecular flexibility index (Phi) is 9.33. The molecule has 3 aromatic carbocycles. The Morgan fingerprint density at radius 3 is 2.48 bits per heavy atom. The molecule has 1 saturated heterocycles. The zero-order chi connectivity index (χ0) is 31.3. The van der Waals surface area contributed by atoms with Crippen molar-refractivity contribution < 1.29 is 27.4 Å². The number of amides is 2. The molecule has 1 aromatic heterocycles. The molecule has 0 aliphatic carbocycles. The molecule has 1 aliphatic heterocycles. The second-order valence-corrected chi connectivity index (χ2v) is 11.1. The third kappa shape index (κ3) is 7.64. The third-order valence-corrected chi connectivity index (χ3v) is 7.64. The second-order valence-electron chi connectivity index (χ2n) is 10.0. The summed E-state index contributed by atoms with van der Waals surface area (Å²) in [5.41, 5.74) is 4.33. The average molecular weight is 623 g/mol. The van der Waals surface area contributed by atoms with Crippen LogP contribution in [0.1, 0.15) is 30.9 Å². The highest BCUT2D eigenvalue weighted by molar-refractivity contribution is 8.14. The highest BCUT2D eigenvalue weighted by Crippen LogP contribution is 2.35. The van der Waals surface area contributed by atoms with Crippen molar-refractivity contribution in [3.05, 3.63) is 84.2 Å². The number of carbonyl (C=O) groups is 1. The lowest BCUT2D eigenvalue weighted by Crippen LogP contribution is -2.25. The SMILES string of the molecule is COc1ccc(C(C)C)c(N2CCSC2=NC(=O)N=CCc2ccc(-c3ncn(-c4ccc(OC(F)(F)F)cc4)n3)cc2)c1. The molecule has 0 N–H and O–H groups in total. The summed E-state index contributed by atoms with van der Waals surface area (Å²) >= 11 is 1.52. The van der Waals surface area contributed by atoms with Gasteiger partial charge in [0.25, 0.3) is 0 Å². The minimum absolute atomic E-state index is 0.289. The highest BCUT2D eigenvalue weighted by Gasteiger charge is 2.31. The number of hydrogen-bond donors (Lipinski definition) is 0. The van der Waals surface area contributed by atoms with E-state index in [0.717, 1.165) is 40.4 Å². The molecule has 44 heavy (non-hydrogen) atoms. The molecule has 9 nitrogen and oxygen atoms in total. The predicted octanol–water partition coefficient (Wildman–Crippen LogP) is 7.31. The predicted molar refractivity (Wildman–Crippen MR) is 165 cm³/mol. The standard InChI is InChI=1S/C31H29F3N6O3S/c1-20(2)26-13-12-25(42-3)18-27(26)39-16-17-44-30(39)37-29(41)35-15-14-21-4-6-22(7-5-21)28-36-19-40(38-28)23-8-10-24(11-9-23)43-31(32,33)34/h4-13,15,18-20H,14,16-17H2,1-3H3. The average Bonchev–Trinajstić information content (AvgIpc) is 3.67. The molecule has 0 atom stereocenters. The van der Waals surface area contributed by atoms with E-state index in [1.807, 2.05) is 47.4 Å². The van der Waals surface area contributed by atoms with Crippen LogP contribution in [-0.4, -0.2) is 57.9 Å². The summed E-state index contributed by atoms with van der Waals surface area (Å²) in [4.78, 5) is 27.3. The van der Waals surface area contributed by atoms with Crippen molar-refractivity contribution in [1.29, 1.82) is 0 Å². The smallest absolute Gasteiger partial charge is 0.497 e. The second kappa shape index (κ2) is 13.3. The molecule has 4 aromatic rings. The van der Waals surface area contributed by atoms with E-state index in [4.69, 9.17) is 4.74 Å². The number of anilines is 1. The van der Waals surface area contributed by atoms with Gasteiger partial charge in [0, 0.05) is 42.3 Å². The summed E-state index contributed by atoms with van der Waals surface area (Å²) in [6.07, 6.45) is -1.31. The van der Waals surface area contributed by atoms with Gasteiger partial charge >= 0.3 is 12.4 Å². The van der Waals surface area contributed by atoms with E-state index in [2.05, 4.69) is 38.7 Å². The number of benzene rings is 3. The third-order valence-electron chi connectivity index (χ3n) is 6.69. The number of ether oxygens (including phenoxy) is 2. The quantitative estimate of drug-likeness (QED) is 0.190. The first-order valence-corrected chi connectivity index (χ1v) is 14.7. The van der Waals surface area contributed by atoms with Crippen LogP contribution >= 0.6 is 11.8 Å². The van der Waals surface area contributed by atoms with Crippen LogP contribution in [0, 0.1) is 0 Å². The van der Waals surface area contributed by atoms with Gasteiger partial charge in [0.1, 0.15) is 17.8 Å². The molecule has 0 radical (unpaired) electrons. The van der Waals surface area contributed by atoms with Crippen LogP contribution in [0.4, 0.5) is 23.7 Å². The van der Waals surface area contributed by atoms with E-state index in [1.165, 1.54) is 53.3 Å². The molecule has 5 rings (SSSR count). The van der Waals surface area contributed by atoms with Gasteiger partial charge in [0.15, 0.2) is 11.0 Å². The molecular formula is C31H29F3N6O3S. The Hall–Kier alpha value is -4.65. The zero-order valence-electron chi connectivity index (χ0n) is 24.2. The molecule has 0 spiro atoms. The number of aromatic nitrogens is 3. The summed E-state index contributed by atoms with van der Waals surface area (Å²) in [5.74, 6) is 1.97. The molecule has 2 amide bonds. The maximum Gasteiger partial charge on any atom is 0.573 e. The fourth-order valence-corrected chi connectivity index (χ4v) is 5.48. The van der Waals surface area contributed by atoms with Crippen LogP contribution < -0.4 is 14.4 Å². The molecule has 0 unspecified atom stereocenters. The number of alkyl halides is 3. The zero-order valence-corrected chi connectivity index (χ0v) is 25.0. The fraction of sp³-hybridized carbons (Fsp3) is 0.258. The highest BCUT2D eigenvalue weighted by atomic mass is 32.2. The van der Waals surface area contributed by atoms with Crippen LogP contribution in [0.5, 0.6) is 11.5 Å². The van der Waals surface area contributed by atoms with Crippen molar-refractivity contribution >= 4 is 34.9 Å². The summed E-state index contributed by atoms with van der Waals surface area (Å²) in [7, 11) is 1.63. The fourth-order valence-electron chi connectivity index (χ4n) is 4.54. The lowest BCUT2D eigenvalue weighted by Gasteiger charge is -2.23. The van der Waals surface area contributed by atoms with Crippen molar-refractivity contribution in [2.75, 3.05) is 24.3 Å². The Labute approximate surface area is 256 Å². The number of halogens is 3. The van der Waals surface area contributed by atoms with Gasteiger partial charge in [-0.05, 0) is 47.4 Å². The Bertz CT molecular complexity index is 1670. The molecule has 13 heteroatoms. The lowest BCUT2D eigenvalue weighted by molar-refractivity contribution is -0.274. The van der Waals surface area contributed by atoms with E-state index < -0.39 is 12.4 Å².